The lowest BCUT2D eigenvalue weighted by Crippen LogP contribution is -2.55. The highest BCUT2D eigenvalue weighted by Gasteiger charge is 2.33. The van der Waals surface area contributed by atoms with Crippen LogP contribution in [0.25, 0.3) is 0 Å². The Morgan fingerprint density at radius 2 is 1.70 bits per heavy atom. The van der Waals surface area contributed by atoms with E-state index in [2.05, 4.69) is 10.2 Å². The Morgan fingerprint density at radius 3 is 2.41 bits per heavy atom. The van der Waals surface area contributed by atoms with Crippen molar-refractivity contribution >= 4 is 11.8 Å². The van der Waals surface area contributed by atoms with Crippen LogP contribution in [0, 0.1) is 0 Å². The van der Waals surface area contributed by atoms with E-state index >= 15 is 0 Å². The zero-order chi connectivity index (χ0) is 18.8. The summed E-state index contributed by atoms with van der Waals surface area (Å²) >= 11 is 0. The van der Waals surface area contributed by atoms with Crippen LogP contribution in [0.5, 0.6) is 11.5 Å². The van der Waals surface area contributed by atoms with Crippen molar-refractivity contribution in [1.29, 1.82) is 0 Å². The molecule has 1 N–H and O–H groups in total. The SMILES string of the molecule is O=C(c1ccc(=O)[nH]n1)N1CCN(C(=O)C2COc3ccccc3O2)CC1. The first-order valence-corrected chi connectivity index (χ1v) is 8.64. The van der Waals surface area contributed by atoms with Gasteiger partial charge in [-0.15, -0.1) is 0 Å². The molecule has 1 saturated heterocycles. The van der Waals surface area contributed by atoms with Crippen LogP contribution in [0.4, 0.5) is 0 Å². The maximum absolute atomic E-state index is 12.7. The molecular weight excluding hydrogens is 352 g/mol. The third-order valence-electron chi connectivity index (χ3n) is 4.56. The maximum atomic E-state index is 12.7. The molecule has 2 aliphatic rings. The van der Waals surface area contributed by atoms with Gasteiger partial charge in [0, 0.05) is 32.2 Å². The van der Waals surface area contributed by atoms with Crippen molar-refractivity contribution in [2.24, 2.45) is 0 Å². The Morgan fingerprint density at radius 1 is 1.00 bits per heavy atom. The lowest BCUT2D eigenvalue weighted by atomic mass is 10.2. The standard InChI is InChI=1S/C18H18N4O5/c23-16-6-5-12(19-20-16)17(24)21-7-9-22(10-8-21)18(25)15-11-26-13-3-1-2-4-14(13)27-15/h1-6,15H,7-11H2,(H,20,23). The van der Waals surface area contributed by atoms with E-state index in [0.29, 0.717) is 37.7 Å². The van der Waals surface area contributed by atoms with Crippen LogP contribution >= 0.6 is 0 Å². The molecule has 0 radical (unpaired) electrons. The Bertz CT molecular complexity index is 899. The molecule has 0 spiro atoms. The normalized spacial score (nSPS) is 18.9. The lowest BCUT2D eigenvalue weighted by Gasteiger charge is -2.37. The monoisotopic (exact) mass is 370 g/mol. The van der Waals surface area contributed by atoms with Crippen molar-refractivity contribution in [3.8, 4) is 11.5 Å². The van der Waals surface area contributed by atoms with Crippen molar-refractivity contribution in [3.63, 3.8) is 0 Å². The molecule has 0 bridgehead atoms. The second-order valence-corrected chi connectivity index (χ2v) is 6.29. The number of piperazine rings is 1. The van der Waals surface area contributed by atoms with Gasteiger partial charge < -0.3 is 19.3 Å². The van der Waals surface area contributed by atoms with Gasteiger partial charge in [0.25, 0.3) is 17.4 Å². The molecule has 1 aromatic carbocycles. The molecule has 1 aromatic heterocycles. The number of hydrogen-bond donors (Lipinski definition) is 1. The number of benzene rings is 1. The first-order valence-electron chi connectivity index (χ1n) is 8.64. The third-order valence-corrected chi connectivity index (χ3v) is 4.56. The van der Waals surface area contributed by atoms with Crippen molar-refractivity contribution in [1.82, 2.24) is 20.0 Å². The second kappa shape index (κ2) is 7.10. The summed E-state index contributed by atoms with van der Waals surface area (Å²) in [5, 5.41) is 6.01. The van der Waals surface area contributed by atoms with Gasteiger partial charge in [-0.1, -0.05) is 12.1 Å². The van der Waals surface area contributed by atoms with Gasteiger partial charge in [0.2, 0.25) is 6.10 Å². The van der Waals surface area contributed by atoms with E-state index in [4.69, 9.17) is 9.47 Å². The largest absolute Gasteiger partial charge is 0.485 e. The number of fused-ring (bicyclic) bond motifs is 1. The first kappa shape index (κ1) is 17.1. The van der Waals surface area contributed by atoms with Gasteiger partial charge in [0.05, 0.1) is 0 Å². The fourth-order valence-electron chi connectivity index (χ4n) is 3.10. The summed E-state index contributed by atoms with van der Waals surface area (Å²) in [5.41, 5.74) is -0.187. The fourth-order valence-corrected chi connectivity index (χ4v) is 3.10. The summed E-state index contributed by atoms with van der Waals surface area (Å²) in [4.78, 5) is 39.5. The molecule has 2 aliphatic heterocycles. The van der Waals surface area contributed by atoms with Crippen molar-refractivity contribution in [2.45, 2.75) is 6.10 Å². The van der Waals surface area contributed by atoms with E-state index < -0.39 is 6.10 Å². The van der Waals surface area contributed by atoms with Crippen molar-refractivity contribution in [2.75, 3.05) is 32.8 Å². The maximum Gasteiger partial charge on any atom is 0.274 e. The molecule has 2 amide bonds. The minimum absolute atomic E-state index is 0.154. The summed E-state index contributed by atoms with van der Waals surface area (Å²) in [6, 6.07) is 9.89. The molecule has 2 aromatic rings. The average Bonchev–Trinajstić information content (AvgIpc) is 2.73. The van der Waals surface area contributed by atoms with Crippen LogP contribution < -0.4 is 15.0 Å². The molecule has 0 aliphatic carbocycles. The third kappa shape index (κ3) is 3.48. The number of amides is 2. The van der Waals surface area contributed by atoms with E-state index in [0.717, 1.165) is 0 Å². The van der Waals surface area contributed by atoms with Crippen molar-refractivity contribution < 1.29 is 19.1 Å². The Hall–Kier alpha value is -3.36. The topological polar surface area (TPSA) is 105 Å². The number of rotatable bonds is 2. The fraction of sp³-hybridized carbons (Fsp3) is 0.333. The molecule has 9 heteroatoms. The summed E-state index contributed by atoms with van der Waals surface area (Å²) in [7, 11) is 0. The van der Waals surface area contributed by atoms with Crippen LogP contribution in [-0.4, -0.2) is 70.7 Å². The zero-order valence-electron chi connectivity index (χ0n) is 14.5. The van der Waals surface area contributed by atoms with Crippen LogP contribution in [-0.2, 0) is 4.79 Å². The zero-order valence-corrected chi connectivity index (χ0v) is 14.5. The smallest absolute Gasteiger partial charge is 0.274 e. The summed E-state index contributed by atoms with van der Waals surface area (Å²) in [6.07, 6.45) is -0.692. The van der Waals surface area contributed by atoms with Crippen molar-refractivity contribution in [3.05, 3.63) is 52.4 Å². The lowest BCUT2D eigenvalue weighted by molar-refractivity contribution is -0.142. The van der Waals surface area contributed by atoms with E-state index in [-0.39, 0.29) is 29.7 Å². The molecule has 9 nitrogen and oxygen atoms in total. The molecule has 3 heterocycles. The van der Waals surface area contributed by atoms with Crippen LogP contribution in [0.2, 0.25) is 0 Å². The molecule has 1 atom stereocenters. The molecule has 140 valence electrons. The number of aromatic nitrogens is 2. The molecule has 27 heavy (non-hydrogen) atoms. The van der Waals surface area contributed by atoms with Crippen LogP contribution in [0.1, 0.15) is 10.5 Å². The number of hydrogen-bond acceptors (Lipinski definition) is 6. The van der Waals surface area contributed by atoms with Crippen LogP contribution in [0.15, 0.2) is 41.2 Å². The number of nitrogens with zero attached hydrogens (tertiary/aromatic N) is 3. The minimum Gasteiger partial charge on any atom is -0.485 e. The van der Waals surface area contributed by atoms with E-state index in [9.17, 15) is 14.4 Å². The Balaban J connectivity index is 1.35. The van der Waals surface area contributed by atoms with Gasteiger partial charge in [-0.2, -0.15) is 5.10 Å². The number of carbonyl (C=O) groups is 2. The average molecular weight is 370 g/mol. The van der Waals surface area contributed by atoms with Crippen LogP contribution in [0.3, 0.4) is 0 Å². The molecule has 1 fully saturated rings. The molecule has 0 saturated carbocycles. The molecule has 4 rings (SSSR count). The van der Waals surface area contributed by atoms with Gasteiger partial charge in [-0.25, -0.2) is 5.10 Å². The highest BCUT2D eigenvalue weighted by atomic mass is 16.6. The van der Waals surface area contributed by atoms with Gasteiger partial charge in [0.1, 0.15) is 12.3 Å². The number of carbonyl (C=O) groups excluding carboxylic acids is 2. The van der Waals surface area contributed by atoms with Gasteiger partial charge >= 0.3 is 0 Å². The Kier molecular flexibility index (Phi) is 4.49. The van der Waals surface area contributed by atoms with Gasteiger partial charge in [-0.05, 0) is 18.2 Å². The summed E-state index contributed by atoms with van der Waals surface area (Å²) in [6.45, 7) is 1.73. The van der Waals surface area contributed by atoms with Gasteiger partial charge in [-0.3, -0.25) is 14.4 Å². The quantitative estimate of drug-likeness (QED) is 0.791. The van der Waals surface area contributed by atoms with E-state index in [1.807, 2.05) is 12.1 Å². The Labute approximate surface area is 154 Å². The number of aromatic amines is 1. The number of nitrogens with one attached hydrogen (secondary N) is 1. The second-order valence-electron chi connectivity index (χ2n) is 6.29. The predicted molar refractivity (Wildman–Crippen MR) is 93.7 cm³/mol. The minimum atomic E-state index is -0.692. The highest BCUT2D eigenvalue weighted by Crippen LogP contribution is 2.31. The molecular formula is C18H18N4O5. The summed E-state index contributed by atoms with van der Waals surface area (Å²) < 4.78 is 11.4. The molecule has 1 unspecified atom stereocenters. The highest BCUT2D eigenvalue weighted by molar-refractivity contribution is 5.92. The first-order chi connectivity index (χ1) is 13.1. The number of H-pyrrole nitrogens is 1. The number of para-hydroxylation sites is 2. The van der Waals surface area contributed by atoms with E-state index in [1.165, 1.54) is 12.1 Å². The number of ether oxygens (including phenoxy) is 2. The predicted octanol–water partition coefficient (Wildman–Crippen LogP) is -0.106. The summed E-state index contributed by atoms with van der Waals surface area (Å²) in [5.74, 6) is 0.758. The van der Waals surface area contributed by atoms with E-state index in [1.54, 1.807) is 21.9 Å². The van der Waals surface area contributed by atoms with Gasteiger partial charge in [0.15, 0.2) is 11.5 Å².